The SMILES string of the molecule is CC(C)c1cccc(C(C)C)c1NC(=O)CN(C1CC1)C(C)C1CC1. The molecule has 0 radical (unpaired) electrons. The van der Waals surface area contributed by atoms with Crippen LogP contribution in [0.15, 0.2) is 18.2 Å². The minimum Gasteiger partial charge on any atom is -0.324 e. The Hall–Kier alpha value is -1.35. The lowest BCUT2D eigenvalue weighted by atomic mass is 9.92. The lowest BCUT2D eigenvalue weighted by Crippen LogP contribution is -2.42. The van der Waals surface area contributed by atoms with Gasteiger partial charge in [0.25, 0.3) is 0 Å². The normalized spacial score (nSPS) is 18.9. The Morgan fingerprint density at radius 1 is 1.04 bits per heavy atom. The summed E-state index contributed by atoms with van der Waals surface area (Å²) in [4.78, 5) is 15.4. The average molecular weight is 343 g/mol. The Morgan fingerprint density at radius 2 is 1.60 bits per heavy atom. The third-order valence-corrected chi connectivity index (χ3v) is 5.81. The van der Waals surface area contributed by atoms with Crippen molar-refractivity contribution in [2.24, 2.45) is 5.92 Å². The van der Waals surface area contributed by atoms with E-state index in [0.29, 0.717) is 30.5 Å². The Kier molecular flexibility index (Phi) is 5.52. The molecule has 1 N–H and O–H groups in total. The fraction of sp³-hybridized carbons (Fsp3) is 0.682. The van der Waals surface area contributed by atoms with Gasteiger partial charge in [0.2, 0.25) is 5.91 Å². The minimum atomic E-state index is 0.148. The van der Waals surface area contributed by atoms with Gasteiger partial charge in [0.1, 0.15) is 0 Å². The van der Waals surface area contributed by atoms with Crippen LogP contribution in [0.4, 0.5) is 5.69 Å². The molecule has 1 unspecified atom stereocenters. The smallest absolute Gasteiger partial charge is 0.238 e. The first-order chi connectivity index (χ1) is 11.9. The van der Waals surface area contributed by atoms with E-state index in [1.165, 1.54) is 36.8 Å². The molecule has 0 spiro atoms. The second-order valence-corrected chi connectivity index (χ2v) is 8.65. The van der Waals surface area contributed by atoms with Crippen molar-refractivity contribution in [3.05, 3.63) is 29.3 Å². The monoisotopic (exact) mass is 342 g/mol. The first kappa shape index (κ1) is 18.4. The van der Waals surface area contributed by atoms with Crippen LogP contribution < -0.4 is 5.32 Å². The molecule has 1 aromatic rings. The molecule has 0 bridgehead atoms. The van der Waals surface area contributed by atoms with Crippen LogP contribution in [-0.2, 0) is 4.79 Å². The highest BCUT2D eigenvalue weighted by Gasteiger charge is 2.39. The molecule has 138 valence electrons. The van der Waals surface area contributed by atoms with E-state index in [1.54, 1.807) is 0 Å². The first-order valence-corrected chi connectivity index (χ1v) is 10.1. The lowest BCUT2D eigenvalue weighted by Gasteiger charge is -2.29. The molecule has 2 saturated carbocycles. The number of benzene rings is 1. The molecule has 3 nitrogen and oxygen atoms in total. The molecule has 1 atom stereocenters. The van der Waals surface area contributed by atoms with Crippen molar-refractivity contribution in [1.29, 1.82) is 0 Å². The van der Waals surface area contributed by atoms with Gasteiger partial charge in [-0.15, -0.1) is 0 Å². The number of rotatable bonds is 8. The summed E-state index contributed by atoms with van der Waals surface area (Å²) in [7, 11) is 0. The fourth-order valence-electron chi connectivity index (χ4n) is 3.90. The van der Waals surface area contributed by atoms with Gasteiger partial charge in [-0.25, -0.2) is 0 Å². The third-order valence-electron chi connectivity index (χ3n) is 5.81. The quantitative estimate of drug-likeness (QED) is 0.710. The Morgan fingerprint density at radius 3 is 2.04 bits per heavy atom. The number of carbonyl (C=O) groups excluding carboxylic acids is 1. The largest absolute Gasteiger partial charge is 0.324 e. The molecule has 0 saturated heterocycles. The first-order valence-electron chi connectivity index (χ1n) is 10.1. The molecule has 2 fully saturated rings. The fourth-order valence-corrected chi connectivity index (χ4v) is 3.90. The molecule has 0 aromatic heterocycles. The number of nitrogens with one attached hydrogen (secondary N) is 1. The summed E-state index contributed by atoms with van der Waals surface area (Å²) >= 11 is 0. The van der Waals surface area contributed by atoms with Crippen LogP contribution >= 0.6 is 0 Å². The summed E-state index contributed by atoms with van der Waals surface area (Å²) in [5.41, 5.74) is 3.54. The molecule has 1 amide bonds. The van der Waals surface area contributed by atoms with Crippen LogP contribution in [0.25, 0.3) is 0 Å². The van der Waals surface area contributed by atoms with Crippen LogP contribution in [0.1, 0.15) is 83.3 Å². The van der Waals surface area contributed by atoms with Crippen molar-refractivity contribution in [2.75, 3.05) is 11.9 Å². The highest BCUT2D eigenvalue weighted by Crippen LogP contribution is 2.39. The Labute approximate surface area is 153 Å². The van der Waals surface area contributed by atoms with Gasteiger partial charge < -0.3 is 5.32 Å². The maximum atomic E-state index is 12.9. The molecule has 2 aliphatic carbocycles. The van der Waals surface area contributed by atoms with Crippen LogP contribution in [0.2, 0.25) is 0 Å². The molecular weight excluding hydrogens is 308 g/mol. The average Bonchev–Trinajstić information content (AvgIpc) is 3.44. The second kappa shape index (κ2) is 7.49. The third kappa shape index (κ3) is 4.44. The molecule has 2 aliphatic rings. The van der Waals surface area contributed by atoms with Gasteiger partial charge in [0, 0.05) is 17.8 Å². The Bertz CT molecular complexity index is 588. The van der Waals surface area contributed by atoms with Crippen molar-refractivity contribution in [2.45, 2.75) is 84.2 Å². The van der Waals surface area contributed by atoms with Crippen LogP contribution in [-0.4, -0.2) is 29.4 Å². The summed E-state index contributed by atoms with van der Waals surface area (Å²) in [6.45, 7) is 11.6. The highest BCUT2D eigenvalue weighted by molar-refractivity contribution is 5.94. The van der Waals surface area contributed by atoms with Gasteiger partial charge >= 0.3 is 0 Å². The number of amides is 1. The topological polar surface area (TPSA) is 32.3 Å². The van der Waals surface area contributed by atoms with Crippen molar-refractivity contribution in [3.63, 3.8) is 0 Å². The number of carbonyl (C=O) groups is 1. The van der Waals surface area contributed by atoms with E-state index in [4.69, 9.17) is 0 Å². The number of hydrogen-bond donors (Lipinski definition) is 1. The zero-order valence-electron chi connectivity index (χ0n) is 16.5. The van der Waals surface area contributed by atoms with Gasteiger partial charge in [0.05, 0.1) is 6.54 Å². The van der Waals surface area contributed by atoms with Gasteiger partial charge in [0.15, 0.2) is 0 Å². The molecular formula is C22H34N2O. The Balaban J connectivity index is 1.75. The molecule has 0 heterocycles. The highest BCUT2D eigenvalue weighted by atomic mass is 16.2. The maximum Gasteiger partial charge on any atom is 0.238 e. The second-order valence-electron chi connectivity index (χ2n) is 8.65. The zero-order chi connectivity index (χ0) is 18.1. The van der Waals surface area contributed by atoms with Crippen molar-refractivity contribution < 1.29 is 4.79 Å². The van der Waals surface area contributed by atoms with Crippen molar-refractivity contribution in [3.8, 4) is 0 Å². The standard InChI is InChI=1S/C22H34N2O/c1-14(2)19-7-6-8-20(15(3)4)22(19)23-21(25)13-24(18-11-12-18)16(5)17-9-10-17/h6-8,14-18H,9-13H2,1-5H3,(H,23,25). The summed E-state index contributed by atoms with van der Waals surface area (Å²) in [5, 5.41) is 3.29. The predicted octanol–water partition coefficient (Wildman–Crippen LogP) is 5.13. The van der Waals surface area contributed by atoms with Crippen LogP contribution in [0.5, 0.6) is 0 Å². The molecule has 1 aromatic carbocycles. The van der Waals surface area contributed by atoms with Crippen molar-refractivity contribution >= 4 is 11.6 Å². The maximum absolute atomic E-state index is 12.9. The van der Waals surface area contributed by atoms with Crippen LogP contribution in [0.3, 0.4) is 0 Å². The number of nitrogens with zero attached hydrogens (tertiary/aromatic N) is 1. The molecule has 3 heteroatoms. The zero-order valence-corrected chi connectivity index (χ0v) is 16.5. The van der Waals surface area contributed by atoms with E-state index in [1.807, 2.05) is 0 Å². The van der Waals surface area contributed by atoms with Crippen molar-refractivity contribution in [1.82, 2.24) is 4.90 Å². The van der Waals surface area contributed by atoms with E-state index in [-0.39, 0.29) is 5.91 Å². The van der Waals surface area contributed by atoms with E-state index >= 15 is 0 Å². The van der Waals surface area contributed by atoms with E-state index in [0.717, 1.165) is 11.6 Å². The molecule has 25 heavy (non-hydrogen) atoms. The summed E-state index contributed by atoms with van der Waals surface area (Å²) < 4.78 is 0. The van der Waals surface area contributed by atoms with E-state index < -0.39 is 0 Å². The van der Waals surface area contributed by atoms with Gasteiger partial charge in [-0.3, -0.25) is 9.69 Å². The van der Waals surface area contributed by atoms with E-state index in [9.17, 15) is 4.79 Å². The van der Waals surface area contributed by atoms with E-state index in [2.05, 4.69) is 63.0 Å². The summed E-state index contributed by atoms with van der Waals surface area (Å²) in [6.07, 6.45) is 5.17. The molecule has 0 aliphatic heterocycles. The van der Waals surface area contributed by atoms with Crippen LogP contribution in [0, 0.1) is 5.92 Å². The molecule has 3 rings (SSSR count). The van der Waals surface area contributed by atoms with Gasteiger partial charge in [-0.2, -0.15) is 0 Å². The lowest BCUT2D eigenvalue weighted by molar-refractivity contribution is -0.118. The summed E-state index contributed by atoms with van der Waals surface area (Å²) in [6, 6.07) is 7.59. The minimum absolute atomic E-state index is 0.148. The van der Waals surface area contributed by atoms with Gasteiger partial charge in [-0.05, 0) is 61.5 Å². The number of anilines is 1. The summed E-state index contributed by atoms with van der Waals surface area (Å²) in [5.74, 6) is 1.76. The number of hydrogen-bond acceptors (Lipinski definition) is 2. The van der Waals surface area contributed by atoms with Gasteiger partial charge in [-0.1, -0.05) is 45.9 Å². The number of para-hydroxylation sites is 1. The predicted molar refractivity (Wildman–Crippen MR) is 105 cm³/mol.